The number of rotatable bonds is 4. The molecule has 0 aromatic heterocycles. The Labute approximate surface area is 81.2 Å². The highest BCUT2D eigenvalue weighted by molar-refractivity contribution is 5.44. The fourth-order valence-electron chi connectivity index (χ4n) is 1.68. The van der Waals surface area contributed by atoms with Crippen LogP contribution in [0.1, 0.15) is 38.2 Å². The van der Waals surface area contributed by atoms with Gasteiger partial charge in [0.2, 0.25) is 0 Å². The van der Waals surface area contributed by atoms with Crippen LogP contribution in [0.25, 0.3) is 0 Å². The maximum atomic E-state index is 3.13. The monoisotopic (exact) mass is 177 g/mol. The van der Waals surface area contributed by atoms with E-state index in [1.54, 1.807) is 0 Å². The summed E-state index contributed by atoms with van der Waals surface area (Å²) in [7, 11) is 1.95. The van der Waals surface area contributed by atoms with Gasteiger partial charge in [0.25, 0.3) is 0 Å². The van der Waals surface area contributed by atoms with Gasteiger partial charge in [0, 0.05) is 12.7 Å². The largest absolute Gasteiger partial charge is 0.388 e. The summed E-state index contributed by atoms with van der Waals surface area (Å²) in [6.07, 6.45) is 2.46. The second kappa shape index (κ2) is 4.90. The van der Waals surface area contributed by atoms with Crippen LogP contribution in [-0.4, -0.2) is 7.05 Å². The molecule has 0 bridgehead atoms. The van der Waals surface area contributed by atoms with Crippen LogP contribution < -0.4 is 5.32 Å². The molecule has 1 aromatic carbocycles. The molecule has 1 nitrogen and oxygen atoms in total. The third-order valence-electron chi connectivity index (χ3n) is 2.66. The lowest BCUT2D eigenvalue weighted by atomic mass is 9.94. The van der Waals surface area contributed by atoms with Crippen LogP contribution >= 0.6 is 0 Å². The number of nitrogens with one attached hydrogen (secondary N) is 1. The van der Waals surface area contributed by atoms with Crippen LogP contribution in [0, 0.1) is 0 Å². The molecule has 0 spiro atoms. The van der Waals surface area contributed by atoms with Crippen LogP contribution in [0.5, 0.6) is 0 Å². The van der Waals surface area contributed by atoms with Crippen LogP contribution in [0.4, 0.5) is 5.69 Å². The van der Waals surface area contributed by atoms with Crippen molar-refractivity contribution in [3.63, 3.8) is 0 Å². The second-order valence-corrected chi connectivity index (χ2v) is 3.39. The molecule has 1 N–H and O–H groups in total. The zero-order valence-corrected chi connectivity index (χ0v) is 8.80. The fourth-order valence-corrected chi connectivity index (χ4v) is 1.68. The van der Waals surface area contributed by atoms with Crippen molar-refractivity contribution >= 4 is 5.69 Å². The van der Waals surface area contributed by atoms with E-state index in [4.69, 9.17) is 0 Å². The maximum absolute atomic E-state index is 3.13. The normalized spacial score (nSPS) is 10.5. The molecule has 0 aliphatic heterocycles. The molecular weight excluding hydrogens is 158 g/mol. The molecule has 13 heavy (non-hydrogen) atoms. The van der Waals surface area contributed by atoms with Gasteiger partial charge in [-0.1, -0.05) is 26.0 Å². The van der Waals surface area contributed by atoms with Gasteiger partial charge in [-0.05, 0) is 36.5 Å². The van der Waals surface area contributed by atoms with E-state index in [2.05, 4.69) is 43.4 Å². The maximum Gasteiger partial charge on any atom is 0.0337 e. The molecule has 0 fully saturated rings. The van der Waals surface area contributed by atoms with Crippen molar-refractivity contribution in [2.75, 3.05) is 12.4 Å². The lowest BCUT2D eigenvalue weighted by Crippen LogP contribution is -1.95. The van der Waals surface area contributed by atoms with Crippen LogP contribution in [-0.2, 0) is 0 Å². The van der Waals surface area contributed by atoms with Crippen molar-refractivity contribution in [3.05, 3.63) is 29.8 Å². The molecule has 1 rings (SSSR count). The SMILES string of the molecule is CCC(CC)c1ccc(NC)cc1. The zero-order valence-electron chi connectivity index (χ0n) is 8.80. The Morgan fingerprint density at radius 2 is 1.62 bits per heavy atom. The summed E-state index contributed by atoms with van der Waals surface area (Å²) < 4.78 is 0. The van der Waals surface area contributed by atoms with Crippen molar-refractivity contribution < 1.29 is 0 Å². The van der Waals surface area contributed by atoms with Crippen molar-refractivity contribution in [2.24, 2.45) is 0 Å². The van der Waals surface area contributed by atoms with Gasteiger partial charge in [0.05, 0.1) is 0 Å². The minimum absolute atomic E-state index is 0.728. The fraction of sp³-hybridized carbons (Fsp3) is 0.500. The molecule has 0 atom stereocenters. The van der Waals surface area contributed by atoms with Gasteiger partial charge >= 0.3 is 0 Å². The van der Waals surface area contributed by atoms with E-state index in [-0.39, 0.29) is 0 Å². The molecule has 0 unspecified atom stereocenters. The number of hydrogen-bond donors (Lipinski definition) is 1. The van der Waals surface area contributed by atoms with E-state index in [0.29, 0.717) is 0 Å². The summed E-state index contributed by atoms with van der Waals surface area (Å²) >= 11 is 0. The third kappa shape index (κ3) is 2.48. The highest BCUT2D eigenvalue weighted by atomic mass is 14.8. The van der Waals surface area contributed by atoms with Gasteiger partial charge in [-0.25, -0.2) is 0 Å². The van der Waals surface area contributed by atoms with E-state index in [1.807, 2.05) is 7.05 Å². The first kappa shape index (κ1) is 10.1. The Hall–Kier alpha value is -0.980. The summed E-state index contributed by atoms with van der Waals surface area (Å²) in [5, 5.41) is 3.13. The number of benzene rings is 1. The summed E-state index contributed by atoms with van der Waals surface area (Å²) in [5.41, 5.74) is 2.65. The molecular formula is C12H19N. The van der Waals surface area contributed by atoms with Gasteiger partial charge in [0.15, 0.2) is 0 Å². The van der Waals surface area contributed by atoms with E-state index in [1.165, 1.54) is 24.1 Å². The summed E-state index contributed by atoms with van der Waals surface area (Å²) in [6, 6.07) is 8.74. The molecule has 0 saturated heterocycles. The van der Waals surface area contributed by atoms with Gasteiger partial charge in [-0.2, -0.15) is 0 Å². The summed E-state index contributed by atoms with van der Waals surface area (Å²) in [4.78, 5) is 0. The molecule has 1 aromatic rings. The Morgan fingerprint density at radius 3 is 2.00 bits per heavy atom. The quantitative estimate of drug-likeness (QED) is 0.740. The number of anilines is 1. The smallest absolute Gasteiger partial charge is 0.0337 e. The van der Waals surface area contributed by atoms with Crippen molar-refractivity contribution in [3.8, 4) is 0 Å². The Kier molecular flexibility index (Phi) is 3.81. The first-order valence-corrected chi connectivity index (χ1v) is 5.09. The van der Waals surface area contributed by atoms with E-state index in [9.17, 15) is 0 Å². The van der Waals surface area contributed by atoms with Crippen molar-refractivity contribution in [1.29, 1.82) is 0 Å². The molecule has 0 aliphatic rings. The van der Waals surface area contributed by atoms with E-state index in [0.717, 1.165) is 5.92 Å². The number of hydrogen-bond acceptors (Lipinski definition) is 1. The molecule has 1 heteroatoms. The molecule has 0 saturated carbocycles. The topological polar surface area (TPSA) is 12.0 Å². The van der Waals surface area contributed by atoms with E-state index < -0.39 is 0 Å². The standard InChI is InChI=1S/C12H19N/c1-4-10(5-2)11-6-8-12(13-3)9-7-11/h6-10,13H,4-5H2,1-3H3. The van der Waals surface area contributed by atoms with E-state index >= 15 is 0 Å². The average molecular weight is 177 g/mol. The van der Waals surface area contributed by atoms with Gasteiger partial charge < -0.3 is 5.32 Å². The first-order valence-electron chi connectivity index (χ1n) is 5.09. The van der Waals surface area contributed by atoms with Crippen molar-refractivity contribution in [1.82, 2.24) is 0 Å². The highest BCUT2D eigenvalue weighted by Crippen LogP contribution is 2.23. The minimum atomic E-state index is 0.728. The van der Waals surface area contributed by atoms with Crippen molar-refractivity contribution in [2.45, 2.75) is 32.6 Å². The highest BCUT2D eigenvalue weighted by Gasteiger charge is 2.05. The minimum Gasteiger partial charge on any atom is -0.388 e. The molecule has 0 amide bonds. The predicted molar refractivity (Wildman–Crippen MR) is 59.3 cm³/mol. The third-order valence-corrected chi connectivity index (χ3v) is 2.66. The van der Waals surface area contributed by atoms with Gasteiger partial charge in [-0.3, -0.25) is 0 Å². The van der Waals surface area contributed by atoms with Crippen LogP contribution in [0.2, 0.25) is 0 Å². The van der Waals surface area contributed by atoms with Crippen LogP contribution in [0.15, 0.2) is 24.3 Å². The second-order valence-electron chi connectivity index (χ2n) is 3.39. The predicted octanol–water partition coefficient (Wildman–Crippen LogP) is 3.63. The molecule has 0 radical (unpaired) electrons. The molecule has 0 aliphatic carbocycles. The molecule has 72 valence electrons. The zero-order chi connectivity index (χ0) is 9.68. The summed E-state index contributed by atoms with van der Waals surface area (Å²) in [6.45, 7) is 4.50. The van der Waals surface area contributed by atoms with Gasteiger partial charge in [0.1, 0.15) is 0 Å². The lowest BCUT2D eigenvalue weighted by Gasteiger charge is -2.12. The Balaban J connectivity index is 2.78. The first-order chi connectivity index (χ1) is 6.31. The van der Waals surface area contributed by atoms with Gasteiger partial charge in [-0.15, -0.1) is 0 Å². The lowest BCUT2D eigenvalue weighted by molar-refractivity contribution is 0.642. The Bertz CT molecular complexity index is 234. The molecule has 0 heterocycles. The average Bonchev–Trinajstić information content (AvgIpc) is 2.21. The van der Waals surface area contributed by atoms with Crippen LogP contribution in [0.3, 0.4) is 0 Å². The Morgan fingerprint density at radius 1 is 1.08 bits per heavy atom. The summed E-state index contributed by atoms with van der Waals surface area (Å²) in [5.74, 6) is 0.728.